The number of nitrogens with zero attached hydrogens (tertiary/aromatic N) is 2. The van der Waals surface area contributed by atoms with E-state index in [0.29, 0.717) is 0 Å². The zero-order valence-corrected chi connectivity index (χ0v) is 9.65. The quantitative estimate of drug-likeness (QED) is 0.552. The van der Waals surface area contributed by atoms with Crippen molar-refractivity contribution >= 4 is 18.2 Å². The molecule has 1 aliphatic rings. The van der Waals surface area contributed by atoms with Crippen LogP contribution in [0.25, 0.3) is 0 Å². The molecule has 3 nitrogen and oxygen atoms in total. The summed E-state index contributed by atoms with van der Waals surface area (Å²) < 4.78 is 2.08. The van der Waals surface area contributed by atoms with Crippen LogP contribution < -0.4 is 4.90 Å². The first-order chi connectivity index (χ1) is 7.66. The zero-order valence-electron chi connectivity index (χ0n) is 9.65. The molecule has 1 heterocycles. The van der Waals surface area contributed by atoms with Crippen molar-refractivity contribution in [3.63, 3.8) is 0 Å². The van der Waals surface area contributed by atoms with Crippen LogP contribution in [0.15, 0.2) is 24.3 Å². The highest BCUT2D eigenvalue weighted by Gasteiger charge is 2.16. The number of benzene rings is 1. The second-order valence-electron chi connectivity index (χ2n) is 4.21. The first-order valence-electron chi connectivity index (χ1n) is 5.58. The highest BCUT2D eigenvalue weighted by molar-refractivity contribution is 5.94. The molecule has 0 atom stereocenters. The van der Waals surface area contributed by atoms with Crippen molar-refractivity contribution in [3.05, 3.63) is 29.8 Å². The summed E-state index contributed by atoms with van der Waals surface area (Å²) in [6.07, 6.45) is 0. The van der Waals surface area contributed by atoms with Crippen LogP contribution in [0.1, 0.15) is 17.3 Å². The number of carbonyl (C=O) groups excluding carboxylic acids is 1. The minimum atomic E-state index is 0.120. The average molecular weight is 217 g/mol. The summed E-state index contributed by atoms with van der Waals surface area (Å²) >= 11 is 0. The lowest BCUT2D eigenvalue weighted by molar-refractivity contribution is -0.521. The normalized spacial score (nSPS) is 16.3. The van der Waals surface area contributed by atoms with Gasteiger partial charge in [-0.15, -0.1) is 0 Å². The Kier molecular flexibility index (Phi) is 3.04. The van der Waals surface area contributed by atoms with Crippen molar-refractivity contribution < 1.29 is 9.37 Å². The van der Waals surface area contributed by atoms with Crippen LogP contribution in [0.3, 0.4) is 0 Å². The molecule has 0 aliphatic carbocycles. The summed E-state index contributed by atoms with van der Waals surface area (Å²) in [5.74, 6) is 0.120. The molecule has 0 N–H and O–H groups in total. The Morgan fingerprint density at radius 3 is 2.31 bits per heavy atom. The molecule has 1 fully saturated rings. The fraction of sp³-hybridized carbons (Fsp3) is 0.385. The van der Waals surface area contributed by atoms with E-state index in [2.05, 4.69) is 16.2 Å². The van der Waals surface area contributed by atoms with Crippen LogP contribution in [0.4, 0.5) is 5.69 Å². The van der Waals surface area contributed by atoms with Gasteiger partial charge in [-0.2, -0.15) is 0 Å². The van der Waals surface area contributed by atoms with Crippen molar-refractivity contribution in [2.24, 2.45) is 0 Å². The van der Waals surface area contributed by atoms with Crippen molar-refractivity contribution in [2.75, 3.05) is 31.1 Å². The fourth-order valence-corrected chi connectivity index (χ4v) is 1.91. The van der Waals surface area contributed by atoms with E-state index in [1.165, 1.54) is 5.69 Å². The van der Waals surface area contributed by atoms with E-state index in [1.807, 2.05) is 24.3 Å². The third-order valence-electron chi connectivity index (χ3n) is 3.01. The Balaban J connectivity index is 2.10. The van der Waals surface area contributed by atoms with Crippen LogP contribution in [-0.2, 0) is 0 Å². The second kappa shape index (κ2) is 4.47. The second-order valence-corrected chi connectivity index (χ2v) is 4.21. The minimum Gasteiger partial charge on any atom is -0.359 e. The Morgan fingerprint density at radius 2 is 1.81 bits per heavy atom. The summed E-state index contributed by atoms with van der Waals surface area (Å²) in [5.41, 5.74) is 1.97. The monoisotopic (exact) mass is 217 g/mol. The summed E-state index contributed by atoms with van der Waals surface area (Å²) in [7, 11) is 0. The number of anilines is 1. The molecular weight excluding hydrogens is 200 g/mol. The van der Waals surface area contributed by atoms with Gasteiger partial charge in [0.2, 0.25) is 0 Å². The number of ketones is 1. The molecule has 2 rings (SSSR count). The Bertz CT molecular complexity index is 398. The molecule has 0 unspecified atom stereocenters. The smallest absolute Gasteiger partial charge is 0.159 e. The lowest BCUT2D eigenvalue weighted by Crippen LogP contribution is -2.41. The van der Waals surface area contributed by atoms with Gasteiger partial charge in [-0.3, -0.25) is 4.79 Å². The van der Waals surface area contributed by atoms with Crippen LogP contribution in [0.5, 0.6) is 0 Å². The van der Waals surface area contributed by atoms with Crippen molar-refractivity contribution in [1.29, 1.82) is 0 Å². The molecular formula is C13H17N2O+. The van der Waals surface area contributed by atoms with Crippen LogP contribution >= 0.6 is 0 Å². The summed E-state index contributed by atoms with van der Waals surface area (Å²) in [4.78, 5) is 13.5. The topological polar surface area (TPSA) is 23.3 Å². The lowest BCUT2D eigenvalue weighted by atomic mass is 10.1. The maximum Gasteiger partial charge on any atom is 0.159 e. The van der Waals surface area contributed by atoms with Crippen molar-refractivity contribution in [3.8, 4) is 0 Å². The van der Waals surface area contributed by atoms with Crippen LogP contribution in [0, 0.1) is 0 Å². The van der Waals surface area contributed by atoms with Gasteiger partial charge in [0.05, 0.1) is 13.1 Å². The summed E-state index contributed by atoms with van der Waals surface area (Å²) in [6, 6.07) is 7.84. The molecule has 3 heteroatoms. The molecule has 1 aromatic rings. The first-order valence-corrected chi connectivity index (χ1v) is 5.58. The molecule has 84 valence electrons. The van der Waals surface area contributed by atoms with E-state index in [0.717, 1.165) is 31.7 Å². The maximum atomic E-state index is 11.1. The van der Waals surface area contributed by atoms with Gasteiger partial charge in [0.25, 0.3) is 0 Å². The van der Waals surface area contributed by atoms with Crippen LogP contribution in [-0.4, -0.2) is 43.3 Å². The van der Waals surface area contributed by atoms with Gasteiger partial charge in [0.15, 0.2) is 18.9 Å². The minimum absolute atomic E-state index is 0.120. The number of rotatable bonds is 2. The van der Waals surface area contributed by atoms with Crippen molar-refractivity contribution in [2.45, 2.75) is 6.92 Å². The molecule has 1 aromatic carbocycles. The van der Waals surface area contributed by atoms with Gasteiger partial charge < -0.3 is 4.90 Å². The number of hydrogen-bond acceptors (Lipinski definition) is 2. The zero-order chi connectivity index (χ0) is 11.5. The molecule has 1 aliphatic heterocycles. The van der Waals surface area contributed by atoms with E-state index in [9.17, 15) is 4.79 Å². The molecule has 1 saturated heterocycles. The average Bonchev–Trinajstić information content (AvgIpc) is 2.30. The lowest BCUT2D eigenvalue weighted by Gasteiger charge is -2.26. The highest BCUT2D eigenvalue weighted by atomic mass is 16.1. The van der Waals surface area contributed by atoms with E-state index >= 15 is 0 Å². The third-order valence-corrected chi connectivity index (χ3v) is 3.01. The Morgan fingerprint density at radius 1 is 1.25 bits per heavy atom. The predicted octanol–water partition coefficient (Wildman–Crippen LogP) is 1.42. The predicted molar refractivity (Wildman–Crippen MR) is 65.8 cm³/mol. The van der Waals surface area contributed by atoms with Gasteiger partial charge in [-0.05, 0) is 31.2 Å². The van der Waals surface area contributed by atoms with E-state index in [-0.39, 0.29) is 5.78 Å². The highest BCUT2D eigenvalue weighted by Crippen LogP contribution is 2.16. The number of carbonyl (C=O) groups is 1. The Hall–Kier alpha value is -1.64. The summed E-state index contributed by atoms with van der Waals surface area (Å²) in [5, 5.41) is 0. The largest absolute Gasteiger partial charge is 0.359 e. The molecule has 0 saturated carbocycles. The fourth-order valence-electron chi connectivity index (χ4n) is 1.91. The van der Waals surface area contributed by atoms with E-state index in [4.69, 9.17) is 0 Å². The van der Waals surface area contributed by atoms with E-state index in [1.54, 1.807) is 6.92 Å². The Labute approximate surface area is 96.0 Å². The molecule has 0 bridgehead atoms. The number of piperazine rings is 1. The standard InChI is InChI=1S/C13H17N2O/c1-11(16)12-3-5-13(6-4-12)15-9-7-14(2)8-10-15/h3-6H,2,7-10H2,1H3/q+1. The van der Waals surface area contributed by atoms with Gasteiger partial charge in [0.1, 0.15) is 6.72 Å². The third kappa shape index (κ3) is 2.30. The molecule has 0 aromatic heterocycles. The SMILES string of the molecule is C=[N+]1CCN(c2ccc(C(C)=O)cc2)CC1. The molecule has 0 amide bonds. The molecule has 16 heavy (non-hydrogen) atoms. The first kappa shape index (κ1) is 10.9. The molecule has 0 spiro atoms. The van der Waals surface area contributed by atoms with Gasteiger partial charge >= 0.3 is 0 Å². The van der Waals surface area contributed by atoms with E-state index < -0.39 is 0 Å². The van der Waals surface area contributed by atoms with Crippen molar-refractivity contribution in [1.82, 2.24) is 0 Å². The van der Waals surface area contributed by atoms with Gasteiger partial charge in [-0.25, -0.2) is 4.58 Å². The maximum absolute atomic E-state index is 11.1. The van der Waals surface area contributed by atoms with Gasteiger partial charge in [0, 0.05) is 11.3 Å². The van der Waals surface area contributed by atoms with Gasteiger partial charge in [-0.1, -0.05) is 0 Å². The molecule has 0 radical (unpaired) electrons. The number of Topliss-reactive ketones (excluding diaryl/α,β-unsaturated/α-hetero) is 1. The summed E-state index contributed by atoms with van der Waals surface area (Å²) in [6.45, 7) is 9.51. The van der Waals surface area contributed by atoms with Crippen LogP contribution in [0.2, 0.25) is 0 Å². The number of hydrogen-bond donors (Lipinski definition) is 0.